The summed E-state index contributed by atoms with van der Waals surface area (Å²) >= 11 is 4.19. The maximum Gasteiger partial charge on any atom is 0.259 e. The van der Waals surface area contributed by atoms with Crippen molar-refractivity contribution in [2.24, 2.45) is 5.73 Å². The van der Waals surface area contributed by atoms with Gasteiger partial charge >= 0.3 is 0 Å². The zero-order chi connectivity index (χ0) is 21.5. The minimum Gasteiger partial charge on any atom is -0.365 e. The quantitative estimate of drug-likeness (QED) is 0.530. The molecule has 0 aliphatic rings. The summed E-state index contributed by atoms with van der Waals surface area (Å²) < 4.78 is 0. The van der Waals surface area contributed by atoms with Crippen molar-refractivity contribution in [2.75, 3.05) is 5.32 Å². The van der Waals surface area contributed by atoms with Gasteiger partial charge in [0.25, 0.3) is 11.5 Å². The van der Waals surface area contributed by atoms with Crippen molar-refractivity contribution in [2.45, 2.75) is 45.6 Å². The first-order chi connectivity index (χ1) is 13.6. The van der Waals surface area contributed by atoms with Crippen molar-refractivity contribution in [3.8, 4) is 0 Å². The van der Waals surface area contributed by atoms with Crippen molar-refractivity contribution in [1.82, 2.24) is 9.97 Å². The molecule has 0 fully saturated rings. The average Bonchev–Trinajstić information content (AvgIpc) is 3.08. The van der Waals surface area contributed by atoms with Crippen LogP contribution in [0, 0.1) is 27.7 Å². The zero-order valence-corrected chi connectivity index (χ0v) is 19.2. The fourth-order valence-corrected chi connectivity index (χ4v) is 5.74. The zero-order valence-electron chi connectivity index (χ0n) is 16.8. The number of H-pyrrole nitrogens is 1. The van der Waals surface area contributed by atoms with Gasteiger partial charge < -0.3 is 16.0 Å². The third-order valence-electron chi connectivity index (χ3n) is 4.80. The van der Waals surface area contributed by atoms with E-state index >= 15 is 0 Å². The van der Waals surface area contributed by atoms with Crippen molar-refractivity contribution in [3.05, 3.63) is 42.6 Å². The minimum absolute atomic E-state index is 0.153. The molecule has 3 heterocycles. The molecular weight excluding hydrogens is 428 g/mol. The summed E-state index contributed by atoms with van der Waals surface area (Å²) in [5, 5.41) is 3.51. The third kappa shape index (κ3) is 4.24. The average molecular weight is 451 g/mol. The number of anilines is 1. The Morgan fingerprint density at radius 1 is 1.17 bits per heavy atom. The van der Waals surface area contributed by atoms with Gasteiger partial charge in [-0.2, -0.15) is 0 Å². The highest BCUT2D eigenvalue weighted by Crippen LogP contribution is 2.33. The smallest absolute Gasteiger partial charge is 0.259 e. The van der Waals surface area contributed by atoms with Crippen LogP contribution in [0.1, 0.15) is 44.0 Å². The van der Waals surface area contributed by atoms with Gasteiger partial charge in [0, 0.05) is 9.75 Å². The van der Waals surface area contributed by atoms with Crippen LogP contribution in [0.2, 0.25) is 0 Å². The Balaban J connectivity index is 1.71. The Kier molecular flexibility index (Phi) is 6.16. The van der Waals surface area contributed by atoms with E-state index in [-0.39, 0.29) is 11.5 Å². The highest BCUT2D eigenvalue weighted by molar-refractivity contribution is 7.99. The van der Waals surface area contributed by atoms with E-state index in [9.17, 15) is 14.4 Å². The van der Waals surface area contributed by atoms with Gasteiger partial charge in [0.15, 0.2) is 0 Å². The van der Waals surface area contributed by atoms with E-state index in [1.807, 2.05) is 27.7 Å². The van der Waals surface area contributed by atoms with Crippen LogP contribution in [0.4, 0.5) is 5.00 Å². The number of fused-ring (bicyclic) bond motifs is 1. The van der Waals surface area contributed by atoms with Crippen LogP contribution >= 0.6 is 34.4 Å². The molecular formula is C19H22N4O3S3. The summed E-state index contributed by atoms with van der Waals surface area (Å²) in [7, 11) is 0. The fraction of sp³-hybridized carbons (Fsp3) is 0.368. The lowest BCUT2D eigenvalue weighted by atomic mass is 10.1. The second-order valence-electron chi connectivity index (χ2n) is 6.77. The summed E-state index contributed by atoms with van der Waals surface area (Å²) in [6.45, 7) is 9.35. The molecule has 0 saturated carbocycles. The molecule has 1 unspecified atom stereocenters. The molecule has 0 bridgehead atoms. The lowest BCUT2D eigenvalue weighted by Gasteiger charge is -2.11. The molecule has 1 atom stereocenters. The van der Waals surface area contributed by atoms with Gasteiger partial charge in [-0.25, -0.2) is 4.98 Å². The van der Waals surface area contributed by atoms with Crippen LogP contribution < -0.4 is 16.6 Å². The maximum atomic E-state index is 12.6. The van der Waals surface area contributed by atoms with Gasteiger partial charge in [-0.05, 0) is 45.7 Å². The van der Waals surface area contributed by atoms with Crippen molar-refractivity contribution < 1.29 is 9.59 Å². The van der Waals surface area contributed by atoms with Crippen LogP contribution in [0.15, 0.2) is 4.79 Å². The van der Waals surface area contributed by atoms with Crippen molar-refractivity contribution >= 4 is 61.5 Å². The number of aryl methyl sites for hydroxylation is 3. The number of thioether (sulfide) groups is 1. The van der Waals surface area contributed by atoms with Crippen molar-refractivity contribution in [3.63, 3.8) is 0 Å². The van der Waals surface area contributed by atoms with Gasteiger partial charge in [-0.3, -0.25) is 14.4 Å². The standard InChI is InChI=1S/C19H22N4O3S3/c1-7-9(3)28-18(13(7)15(20)24)23-16(25)11(5)27-6-12-21-17(26)14-8(2)10(4)29-19(14)22-12/h11H,6H2,1-5H3,(H2,20,24)(H,23,25)(H,21,22,26). The van der Waals surface area contributed by atoms with Crippen LogP contribution in [0.5, 0.6) is 0 Å². The number of hydrogen-bond donors (Lipinski definition) is 3. The summed E-state index contributed by atoms with van der Waals surface area (Å²) in [4.78, 5) is 46.7. The molecule has 3 aromatic rings. The summed E-state index contributed by atoms with van der Waals surface area (Å²) in [5.74, 6) is 0.138. The molecule has 0 aliphatic heterocycles. The van der Waals surface area contributed by atoms with Crippen molar-refractivity contribution in [1.29, 1.82) is 0 Å². The van der Waals surface area contributed by atoms with Crippen LogP contribution in [-0.2, 0) is 10.5 Å². The Morgan fingerprint density at radius 2 is 1.83 bits per heavy atom. The third-order valence-corrected chi connectivity index (χ3v) is 8.17. The first-order valence-corrected chi connectivity index (χ1v) is 11.6. The molecule has 3 rings (SSSR count). The lowest BCUT2D eigenvalue weighted by molar-refractivity contribution is -0.115. The molecule has 2 amide bonds. The number of aromatic amines is 1. The molecule has 0 radical (unpaired) electrons. The molecule has 10 heteroatoms. The normalized spacial score (nSPS) is 12.3. The number of hydrogen-bond acceptors (Lipinski definition) is 7. The molecule has 29 heavy (non-hydrogen) atoms. The molecule has 0 aliphatic carbocycles. The van der Waals surface area contributed by atoms with Gasteiger partial charge in [0.1, 0.15) is 15.7 Å². The van der Waals surface area contributed by atoms with E-state index in [0.717, 1.165) is 20.9 Å². The molecule has 3 aromatic heterocycles. The van der Waals surface area contributed by atoms with E-state index in [0.29, 0.717) is 32.4 Å². The first kappa shape index (κ1) is 21.5. The second kappa shape index (κ2) is 8.29. The van der Waals surface area contributed by atoms with E-state index in [1.165, 1.54) is 34.4 Å². The predicted octanol–water partition coefficient (Wildman–Crippen LogP) is 3.64. The van der Waals surface area contributed by atoms with E-state index in [4.69, 9.17) is 5.73 Å². The highest BCUT2D eigenvalue weighted by atomic mass is 32.2. The maximum absolute atomic E-state index is 12.6. The van der Waals surface area contributed by atoms with Crippen LogP contribution in [-0.4, -0.2) is 27.0 Å². The second-order valence-corrected chi connectivity index (χ2v) is 10.5. The molecule has 0 spiro atoms. The largest absolute Gasteiger partial charge is 0.365 e. The molecule has 154 valence electrons. The Labute approximate surface area is 180 Å². The number of carbonyl (C=O) groups is 2. The molecule has 0 saturated heterocycles. The fourth-order valence-electron chi connectivity index (χ4n) is 2.87. The Hall–Kier alpha value is -2.17. The summed E-state index contributed by atoms with van der Waals surface area (Å²) in [6.07, 6.45) is 0. The number of nitrogens with two attached hydrogens (primary N) is 1. The monoisotopic (exact) mass is 450 g/mol. The molecule has 4 N–H and O–H groups in total. The molecule has 0 aromatic carbocycles. The van der Waals surface area contributed by atoms with E-state index < -0.39 is 11.2 Å². The lowest BCUT2D eigenvalue weighted by Crippen LogP contribution is -2.24. The van der Waals surface area contributed by atoms with Gasteiger partial charge in [-0.15, -0.1) is 34.4 Å². The number of aromatic nitrogens is 2. The number of primary amides is 1. The number of nitrogens with zero attached hydrogens (tertiary/aromatic N) is 1. The predicted molar refractivity (Wildman–Crippen MR) is 121 cm³/mol. The first-order valence-electron chi connectivity index (χ1n) is 8.91. The van der Waals surface area contributed by atoms with Crippen LogP contribution in [0.3, 0.4) is 0 Å². The van der Waals surface area contributed by atoms with Gasteiger partial charge in [0.2, 0.25) is 5.91 Å². The SMILES string of the molecule is Cc1sc(NC(=O)C(C)SCc2nc3sc(C)c(C)c3c(=O)[nH]2)c(C(N)=O)c1C. The minimum atomic E-state index is -0.556. The number of carbonyl (C=O) groups excluding carboxylic acids is 2. The van der Waals surface area contributed by atoms with Crippen LogP contribution in [0.25, 0.3) is 10.2 Å². The topological polar surface area (TPSA) is 118 Å². The van der Waals surface area contributed by atoms with E-state index in [2.05, 4.69) is 15.3 Å². The number of rotatable bonds is 6. The number of nitrogens with one attached hydrogen (secondary N) is 2. The van der Waals surface area contributed by atoms with Gasteiger partial charge in [-0.1, -0.05) is 0 Å². The highest BCUT2D eigenvalue weighted by Gasteiger charge is 2.22. The number of amides is 2. The Bertz CT molecular complexity index is 1180. The van der Waals surface area contributed by atoms with E-state index in [1.54, 1.807) is 6.92 Å². The Morgan fingerprint density at radius 3 is 2.48 bits per heavy atom. The summed E-state index contributed by atoms with van der Waals surface area (Å²) in [6, 6.07) is 0. The summed E-state index contributed by atoms with van der Waals surface area (Å²) in [5.41, 5.74) is 7.41. The van der Waals surface area contributed by atoms with Gasteiger partial charge in [0.05, 0.1) is 22.0 Å². The number of thiophene rings is 2. The molecule has 7 nitrogen and oxygen atoms in total.